The maximum atomic E-state index is 13.2. The molecule has 0 bridgehead atoms. The first-order valence-corrected chi connectivity index (χ1v) is 10.9. The minimum absolute atomic E-state index is 0.00970. The van der Waals surface area contributed by atoms with Crippen molar-refractivity contribution in [3.8, 4) is 0 Å². The summed E-state index contributed by atoms with van der Waals surface area (Å²) >= 11 is 0. The predicted octanol–water partition coefficient (Wildman–Crippen LogP) is -1.99. The van der Waals surface area contributed by atoms with Crippen molar-refractivity contribution in [3.05, 3.63) is 0 Å². The number of aliphatic carboxylic acids is 1. The number of nitrogens with two attached hydrogens (primary N) is 2. The van der Waals surface area contributed by atoms with E-state index in [1.807, 2.05) is 0 Å². The summed E-state index contributed by atoms with van der Waals surface area (Å²) in [6.45, 7) is 0.138. The van der Waals surface area contributed by atoms with Gasteiger partial charge in [-0.1, -0.05) is 6.42 Å². The van der Waals surface area contributed by atoms with Crippen molar-refractivity contribution in [1.82, 2.24) is 8.61 Å². The molecule has 154 valence electrons. The summed E-state index contributed by atoms with van der Waals surface area (Å²) in [6.07, 6.45) is 3.35. The SMILES string of the molecule is NC1CC1N(CC1CC1)S(=O)(=O)N1C[C@H](CCCB(O)O)[C@](N)(C(=O)O)C1. The Labute approximate surface area is 159 Å². The molecule has 4 atom stereocenters. The Balaban J connectivity index is 1.75. The van der Waals surface area contributed by atoms with Gasteiger partial charge in [-0.25, -0.2) is 0 Å². The average Bonchev–Trinajstić information content (AvgIpc) is 3.47. The summed E-state index contributed by atoms with van der Waals surface area (Å²) < 4.78 is 29.1. The largest absolute Gasteiger partial charge is 0.480 e. The Kier molecular flexibility index (Phi) is 5.89. The van der Waals surface area contributed by atoms with Crippen molar-refractivity contribution >= 4 is 23.3 Å². The van der Waals surface area contributed by atoms with E-state index in [9.17, 15) is 18.3 Å². The zero-order chi connectivity index (χ0) is 20.0. The Hall–Kier alpha value is -0.755. The lowest BCUT2D eigenvalue weighted by Gasteiger charge is -2.28. The molecule has 0 amide bonds. The molecule has 27 heavy (non-hydrogen) atoms. The third-order valence-corrected chi connectivity index (χ3v) is 7.88. The van der Waals surface area contributed by atoms with Crippen molar-refractivity contribution in [2.45, 2.75) is 56.0 Å². The van der Waals surface area contributed by atoms with Gasteiger partial charge >= 0.3 is 13.1 Å². The van der Waals surface area contributed by atoms with Crippen molar-refractivity contribution in [1.29, 1.82) is 0 Å². The molecule has 1 aliphatic heterocycles. The number of hydrogen-bond donors (Lipinski definition) is 5. The Morgan fingerprint density at radius 3 is 2.44 bits per heavy atom. The standard InChI is InChI=1S/C15H29BN4O6S/c17-12-6-13(12)20(7-10-3-4-10)27(25,26)19-8-11(2-1-5-16(23)24)15(18,9-19)14(21)22/h10-13,23-24H,1-9,17-18H2,(H,21,22)/t11-,12?,13?,15-/m0/s1. The van der Waals surface area contributed by atoms with Crippen LogP contribution in [0.2, 0.25) is 6.32 Å². The number of carbonyl (C=O) groups is 1. The fourth-order valence-corrected chi connectivity index (χ4v) is 5.87. The van der Waals surface area contributed by atoms with Gasteiger partial charge in [-0.15, -0.1) is 0 Å². The summed E-state index contributed by atoms with van der Waals surface area (Å²) in [5, 5.41) is 27.6. The van der Waals surface area contributed by atoms with Crippen LogP contribution in [0.15, 0.2) is 0 Å². The van der Waals surface area contributed by atoms with Gasteiger partial charge in [0.15, 0.2) is 0 Å². The first-order valence-electron chi connectivity index (χ1n) is 9.46. The molecule has 2 aliphatic carbocycles. The highest BCUT2D eigenvalue weighted by molar-refractivity contribution is 7.86. The molecule has 10 nitrogen and oxygen atoms in total. The monoisotopic (exact) mass is 404 g/mol. The fourth-order valence-electron chi connectivity index (χ4n) is 3.84. The quantitative estimate of drug-likeness (QED) is 0.261. The van der Waals surface area contributed by atoms with Crippen LogP contribution < -0.4 is 11.5 Å². The highest BCUT2D eigenvalue weighted by Gasteiger charge is 2.55. The Morgan fingerprint density at radius 2 is 1.96 bits per heavy atom. The minimum Gasteiger partial charge on any atom is -0.480 e. The van der Waals surface area contributed by atoms with Crippen molar-refractivity contribution in [2.24, 2.45) is 23.3 Å². The third-order valence-electron chi connectivity index (χ3n) is 5.94. The van der Waals surface area contributed by atoms with Crippen LogP contribution in [0.3, 0.4) is 0 Å². The number of hydrogen-bond acceptors (Lipinski definition) is 7. The van der Waals surface area contributed by atoms with E-state index in [1.165, 1.54) is 8.61 Å². The number of carboxylic acids is 1. The molecular weight excluding hydrogens is 375 g/mol. The second-order valence-corrected chi connectivity index (χ2v) is 10.1. The minimum atomic E-state index is -3.86. The number of nitrogens with zero attached hydrogens (tertiary/aromatic N) is 2. The molecule has 12 heteroatoms. The number of rotatable bonds is 10. The van der Waals surface area contributed by atoms with E-state index in [1.54, 1.807) is 0 Å². The van der Waals surface area contributed by atoms with Gasteiger partial charge < -0.3 is 26.6 Å². The van der Waals surface area contributed by atoms with Crippen LogP contribution in [0.1, 0.15) is 32.1 Å². The van der Waals surface area contributed by atoms with Gasteiger partial charge in [-0.2, -0.15) is 17.0 Å². The highest BCUT2D eigenvalue weighted by Crippen LogP contribution is 2.39. The van der Waals surface area contributed by atoms with Gasteiger partial charge in [-0.05, 0) is 37.9 Å². The zero-order valence-corrected chi connectivity index (χ0v) is 16.1. The third kappa shape index (κ3) is 4.47. The highest BCUT2D eigenvalue weighted by atomic mass is 32.2. The molecule has 7 N–H and O–H groups in total. The van der Waals surface area contributed by atoms with E-state index in [0.717, 1.165) is 12.8 Å². The first kappa shape index (κ1) is 21.0. The van der Waals surface area contributed by atoms with Crippen LogP contribution in [-0.4, -0.2) is 82.5 Å². The first-order chi connectivity index (χ1) is 12.6. The molecule has 3 fully saturated rings. The van der Waals surface area contributed by atoms with E-state index in [2.05, 4.69) is 0 Å². The summed E-state index contributed by atoms with van der Waals surface area (Å²) in [4.78, 5) is 11.8. The normalized spacial score (nSPS) is 34.2. The van der Waals surface area contributed by atoms with Crippen LogP contribution in [-0.2, 0) is 15.0 Å². The second kappa shape index (κ2) is 7.58. The van der Waals surface area contributed by atoms with E-state index in [0.29, 0.717) is 31.7 Å². The van der Waals surface area contributed by atoms with Gasteiger partial charge in [0.1, 0.15) is 5.54 Å². The molecule has 3 rings (SSSR count). The summed E-state index contributed by atoms with van der Waals surface area (Å²) in [5.74, 6) is -1.50. The van der Waals surface area contributed by atoms with Crippen molar-refractivity contribution in [3.63, 3.8) is 0 Å². The smallest absolute Gasteiger partial charge is 0.451 e. The summed E-state index contributed by atoms with van der Waals surface area (Å²) in [6, 6.07) is -0.402. The Morgan fingerprint density at radius 1 is 1.33 bits per heavy atom. The van der Waals surface area contributed by atoms with Gasteiger partial charge in [0.05, 0.1) is 0 Å². The maximum Gasteiger partial charge on any atom is 0.451 e. The molecule has 2 unspecified atom stereocenters. The van der Waals surface area contributed by atoms with Crippen LogP contribution in [0, 0.1) is 11.8 Å². The van der Waals surface area contributed by atoms with Gasteiger partial charge in [0.25, 0.3) is 10.2 Å². The molecule has 3 aliphatic rings. The lowest BCUT2D eigenvalue weighted by atomic mass is 9.78. The summed E-state index contributed by atoms with van der Waals surface area (Å²) in [7, 11) is -5.34. The molecular formula is C15H29BN4O6S. The van der Waals surface area contributed by atoms with Crippen molar-refractivity contribution in [2.75, 3.05) is 19.6 Å². The lowest BCUT2D eigenvalue weighted by molar-refractivity contribution is -0.144. The summed E-state index contributed by atoms with van der Waals surface area (Å²) in [5.41, 5.74) is 10.3. The molecule has 0 aromatic carbocycles. The predicted molar refractivity (Wildman–Crippen MR) is 98.6 cm³/mol. The van der Waals surface area contributed by atoms with Crippen LogP contribution in [0.5, 0.6) is 0 Å². The van der Waals surface area contributed by atoms with Crippen LogP contribution in [0.4, 0.5) is 0 Å². The van der Waals surface area contributed by atoms with Gasteiger partial charge in [-0.3, -0.25) is 4.79 Å². The van der Waals surface area contributed by atoms with E-state index >= 15 is 0 Å². The fraction of sp³-hybridized carbons (Fsp3) is 0.933. The molecule has 1 heterocycles. The van der Waals surface area contributed by atoms with E-state index in [4.69, 9.17) is 21.5 Å². The topological polar surface area (TPSA) is 170 Å². The molecule has 0 radical (unpaired) electrons. The maximum absolute atomic E-state index is 13.2. The molecule has 1 saturated heterocycles. The number of carboxylic acid groups (broad SMARTS) is 1. The van der Waals surface area contributed by atoms with Gasteiger partial charge in [0.2, 0.25) is 0 Å². The van der Waals surface area contributed by atoms with Crippen LogP contribution >= 0.6 is 0 Å². The second-order valence-electron chi connectivity index (χ2n) is 8.23. The van der Waals surface area contributed by atoms with E-state index < -0.39 is 34.8 Å². The van der Waals surface area contributed by atoms with Crippen molar-refractivity contribution < 1.29 is 28.4 Å². The zero-order valence-electron chi connectivity index (χ0n) is 15.3. The molecule has 0 spiro atoms. The van der Waals surface area contributed by atoms with E-state index in [-0.39, 0.29) is 31.5 Å². The van der Waals surface area contributed by atoms with Gasteiger partial charge in [0, 0.05) is 37.6 Å². The average molecular weight is 404 g/mol. The molecule has 0 aromatic heterocycles. The van der Waals surface area contributed by atoms with Crippen LogP contribution in [0.25, 0.3) is 0 Å². The Bertz CT molecular complexity index is 675. The molecule has 2 saturated carbocycles. The molecule has 0 aromatic rings. The lowest BCUT2D eigenvalue weighted by Crippen LogP contribution is -2.55.